The lowest BCUT2D eigenvalue weighted by Gasteiger charge is -2.18. The van der Waals surface area contributed by atoms with Crippen LogP contribution in [0.5, 0.6) is 11.5 Å². The van der Waals surface area contributed by atoms with Crippen LogP contribution in [0.1, 0.15) is 33.2 Å². The minimum absolute atomic E-state index is 0.0198. The van der Waals surface area contributed by atoms with Crippen LogP contribution in [-0.4, -0.2) is 73.8 Å². The maximum atomic E-state index is 12.8. The second-order valence-electron chi connectivity index (χ2n) is 6.04. The monoisotopic (exact) mass is 492 g/mol. The molecule has 0 fully saturated rings. The first kappa shape index (κ1) is 25.1. The van der Waals surface area contributed by atoms with Gasteiger partial charge >= 0.3 is 11.9 Å². The van der Waals surface area contributed by atoms with Gasteiger partial charge in [-0.15, -0.1) is 11.3 Å². The Balaban J connectivity index is 2.27. The molecule has 2 rings (SSSR count). The Kier molecular flexibility index (Phi) is 9.78. The second kappa shape index (κ2) is 12.1. The number of hydrogen-bond donors (Lipinski definition) is 4. The summed E-state index contributed by atoms with van der Waals surface area (Å²) in [7, 11) is 0. The maximum absolute atomic E-state index is 12.8. The van der Waals surface area contributed by atoms with Crippen molar-refractivity contribution in [2.45, 2.75) is 25.9 Å². The third-order valence-electron chi connectivity index (χ3n) is 3.93. The fraction of sp³-hybridized carbons (Fsp3) is 0.556. The van der Waals surface area contributed by atoms with Crippen molar-refractivity contribution in [2.75, 3.05) is 37.9 Å². The lowest BCUT2D eigenvalue weighted by Crippen LogP contribution is -2.43. The third kappa shape index (κ3) is 6.20. The van der Waals surface area contributed by atoms with Crippen molar-refractivity contribution >= 4 is 60.3 Å². The molecule has 2 N–H and O–H groups in total. The SMILES string of the molecule is CCOC(=O)C(CS)NC(=O)c1sc(C(=O)NC(CS)C(=O)OCC)c2c1OCCO2. The van der Waals surface area contributed by atoms with Gasteiger partial charge in [0.05, 0.1) is 13.2 Å². The van der Waals surface area contributed by atoms with Gasteiger partial charge in [0.25, 0.3) is 11.8 Å². The van der Waals surface area contributed by atoms with Gasteiger partial charge in [-0.05, 0) is 13.8 Å². The van der Waals surface area contributed by atoms with E-state index in [-0.39, 0.29) is 59.2 Å². The van der Waals surface area contributed by atoms with E-state index in [2.05, 4.69) is 35.9 Å². The highest BCUT2D eigenvalue weighted by molar-refractivity contribution is 7.80. The summed E-state index contributed by atoms with van der Waals surface area (Å²) in [5.74, 6) is -2.31. The Labute approximate surface area is 194 Å². The van der Waals surface area contributed by atoms with Crippen molar-refractivity contribution in [3.05, 3.63) is 9.75 Å². The number of rotatable bonds is 10. The predicted octanol–water partition coefficient (Wildman–Crippen LogP) is 0.702. The maximum Gasteiger partial charge on any atom is 0.329 e. The van der Waals surface area contributed by atoms with Crippen LogP contribution in [0, 0.1) is 0 Å². The molecule has 0 saturated carbocycles. The highest BCUT2D eigenvalue weighted by Crippen LogP contribution is 2.44. The minimum Gasteiger partial charge on any atom is -0.484 e. The van der Waals surface area contributed by atoms with Gasteiger partial charge in [-0.25, -0.2) is 9.59 Å². The number of nitrogens with one attached hydrogen (secondary N) is 2. The summed E-state index contributed by atoms with van der Waals surface area (Å²) in [4.78, 5) is 49.6. The van der Waals surface area contributed by atoms with E-state index in [1.54, 1.807) is 13.8 Å². The molecule has 0 aromatic carbocycles. The average molecular weight is 493 g/mol. The second-order valence-corrected chi connectivity index (χ2v) is 7.79. The van der Waals surface area contributed by atoms with Crippen LogP contribution in [0.4, 0.5) is 0 Å². The van der Waals surface area contributed by atoms with E-state index in [4.69, 9.17) is 18.9 Å². The molecular weight excluding hydrogens is 468 g/mol. The topological polar surface area (TPSA) is 129 Å². The van der Waals surface area contributed by atoms with E-state index >= 15 is 0 Å². The molecule has 13 heteroatoms. The van der Waals surface area contributed by atoms with E-state index in [1.807, 2.05) is 0 Å². The summed E-state index contributed by atoms with van der Waals surface area (Å²) in [5, 5.41) is 5.05. The zero-order valence-corrected chi connectivity index (χ0v) is 19.6. The number of esters is 2. The highest BCUT2D eigenvalue weighted by atomic mass is 32.1. The largest absolute Gasteiger partial charge is 0.484 e. The van der Waals surface area contributed by atoms with E-state index < -0.39 is 35.8 Å². The summed E-state index contributed by atoms with van der Waals surface area (Å²) in [6.07, 6.45) is 0. The smallest absolute Gasteiger partial charge is 0.329 e. The highest BCUT2D eigenvalue weighted by Gasteiger charge is 2.34. The number of ether oxygens (including phenoxy) is 4. The van der Waals surface area contributed by atoms with Gasteiger partial charge in [-0.2, -0.15) is 25.3 Å². The molecule has 0 aliphatic carbocycles. The molecule has 1 aliphatic heterocycles. The molecule has 31 heavy (non-hydrogen) atoms. The number of thiophene rings is 1. The van der Waals surface area contributed by atoms with Crippen LogP contribution in [0.15, 0.2) is 0 Å². The number of fused-ring (bicyclic) bond motifs is 1. The molecule has 172 valence electrons. The molecule has 0 radical (unpaired) electrons. The zero-order chi connectivity index (χ0) is 23.0. The van der Waals surface area contributed by atoms with Crippen LogP contribution >= 0.6 is 36.6 Å². The summed E-state index contributed by atoms with van der Waals surface area (Å²) in [6.45, 7) is 3.97. The summed E-state index contributed by atoms with van der Waals surface area (Å²) < 4.78 is 20.9. The van der Waals surface area contributed by atoms with Gasteiger partial charge in [0.1, 0.15) is 35.1 Å². The van der Waals surface area contributed by atoms with Crippen molar-refractivity contribution in [1.29, 1.82) is 0 Å². The molecule has 0 spiro atoms. The first-order chi connectivity index (χ1) is 14.9. The molecule has 0 bridgehead atoms. The molecule has 1 aromatic rings. The molecule has 1 aliphatic rings. The Hall–Kier alpha value is -2.12. The molecule has 1 aromatic heterocycles. The first-order valence-electron chi connectivity index (χ1n) is 9.46. The Bertz CT molecular complexity index is 764. The molecule has 2 unspecified atom stereocenters. The third-order valence-corrected chi connectivity index (χ3v) is 5.81. The Morgan fingerprint density at radius 1 is 0.871 bits per heavy atom. The van der Waals surface area contributed by atoms with Crippen molar-refractivity contribution in [1.82, 2.24) is 10.6 Å². The lowest BCUT2D eigenvalue weighted by atomic mass is 10.2. The van der Waals surface area contributed by atoms with Crippen molar-refractivity contribution < 1.29 is 38.1 Å². The summed E-state index contributed by atoms with van der Waals surface area (Å²) in [5.41, 5.74) is 0. The Morgan fingerprint density at radius 2 is 1.26 bits per heavy atom. The van der Waals surface area contributed by atoms with Crippen LogP contribution in [-0.2, 0) is 19.1 Å². The van der Waals surface area contributed by atoms with Crippen molar-refractivity contribution in [3.8, 4) is 11.5 Å². The predicted molar refractivity (Wildman–Crippen MR) is 119 cm³/mol. The van der Waals surface area contributed by atoms with Gasteiger partial charge < -0.3 is 29.6 Å². The number of hydrogen-bond acceptors (Lipinski definition) is 11. The molecular formula is C18H24N2O8S3. The van der Waals surface area contributed by atoms with Gasteiger partial charge in [0.15, 0.2) is 11.5 Å². The van der Waals surface area contributed by atoms with E-state index in [9.17, 15) is 19.2 Å². The normalized spacial score (nSPS) is 14.2. The van der Waals surface area contributed by atoms with Crippen molar-refractivity contribution in [2.24, 2.45) is 0 Å². The van der Waals surface area contributed by atoms with Crippen LogP contribution < -0.4 is 20.1 Å². The van der Waals surface area contributed by atoms with Crippen molar-refractivity contribution in [3.63, 3.8) is 0 Å². The molecule has 2 atom stereocenters. The Morgan fingerprint density at radius 3 is 1.58 bits per heavy atom. The standard InChI is InChI=1S/C18H24N2O8S3/c1-3-25-17(23)9(7-29)19-15(21)13-11-12(28-6-5-27-11)14(31-13)16(22)20-10(8-30)18(24)26-4-2/h9-10,29-30H,3-8H2,1-2H3,(H,19,21)(H,20,22). The number of amides is 2. The lowest BCUT2D eigenvalue weighted by molar-refractivity contribution is -0.145. The average Bonchev–Trinajstić information content (AvgIpc) is 3.15. The quantitative estimate of drug-likeness (QED) is 0.278. The van der Waals surface area contributed by atoms with Crippen LogP contribution in [0.25, 0.3) is 0 Å². The zero-order valence-electron chi connectivity index (χ0n) is 17.0. The molecule has 10 nitrogen and oxygen atoms in total. The van der Waals surface area contributed by atoms with Gasteiger partial charge in [-0.1, -0.05) is 0 Å². The number of carbonyl (C=O) groups is 4. The van der Waals surface area contributed by atoms with Crippen LogP contribution in [0.2, 0.25) is 0 Å². The fourth-order valence-corrected chi connectivity index (χ4v) is 4.02. The van der Waals surface area contributed by atoms with E-state index in [0.29, 0.717) is 0 Å². The summed E-state index contributed by atoms with van der Waals surface area (Å²) in [6, 6.07) is -1.96. The molecule has 0 saturated heterocycles. The van der Waals surface area contributed by atoms with Gasteiger partial charge in [0.2, 0.25) is 0 Å². The van der Waals surface area contributed by atoms with E-state index in [1.165, 1.54) is 0 Å². The first-order valence-corrected chi connectivity index (χ1v) is 11.5. The van der Waals surface area contributed by atoms with Crippen LogP contribution in [0.3, 0.4) is 0 Å². The summed E-state index contributed by atoms with van der Waals surface area (Å²) >= 11 is 8.96. The minimum atomic E-state index is -0.979. The van der Waals surface area contributed by atoms with Gasteiger partial charge in [0, 0.05) is 11.5 Å². The molecule has 2 amide bonds. The van der Waals surface area contributed by atoms with E-state index in [0.717, 1.165) is 11.3 Å². The number of thiol groups is 2. The molecule has 2 heterocycles. The fourth-order valence-electron chi connectivity index (χ4n) is 2.54. The van der Waals surface area contributed by atoms with Gasteiger partial charge in [-0.3, -0.25) is 9.59 Å². The number of carbonyl (C=O) groups excluding carboxylic acids is 4.